The number of alkyl carbamates (subject to hydrolysis) is 1. The van der Waals surface area contributed by atoms with Gasteiger partial charge in [-0.15, -0.1) is 11.8 Å². The van der Waals surface area contributed by atoms with Crippen LogP contribution in [0.2, 0.25) is 0 Å². The van der Waals surface area contributed by atoms with Gasteiger partial charge in [0.2, 0.25) is 5.91 Å². The van der Waals surface area contributed by atoms with Crippen molar-refractivity contribution in [3.05, 3.63) is 59.7 Å². The van der Waals surface area contributed by atoms with Crippen LogP contribution >= 0.6 is 11.8 Å². The van der Waals surface area contributed by atoms with Gasteiger partial charge in [0.1, 0.15) is 11.9 Å². The van der Waals surface area contributed by atoms with E-state index in [0.29, 0.717) is 18.7 Å². The molecule has 2 N–H and O–H groups in total. The van der Waals surface area contributed by atoms with Crippen LogP contribution in [0.1, 0.15) is 43.7 Å². The normalized spacial score (nSPS) is 17.6. The van der Waals surface area contributed by atoms with Gasteiger partial charge in [-0.3, -0.25) is 9.59 Å². The Morgan fingerprint density at radius 3 is 2.32 bits per heavy atom. The molecule has 0 bridgehead atoms. The van der Waals surface area contributed by atoms with Crippen LogP contribution in [0, 0.1) is 0 Å². The Kier molecular flexibility index (Phi) is 7.16. The molecule has 2 aliphatic rings. The van der Waals surface area contributed by atoms with E-state index in [1.54, 1.807) is 4.90 Å². The molecule has 1 aliphatic carbocycles. The van der Waals surface area contributed by atoms with Crippen molar-refractivity contribution in [2.24, 2.45) is 0 Å². The molecular formula is C26H30N2O5S. The second-order valence-electron chi connectivity index (χ2n) is 9.37. The molecule has 0 aromatic heterocycles. The van der Waals surface area contributed by atoms with E-state index in [-0.39, 0.29) is 31.4 Å². The number of carboxylic acids is 1. The maximum atomic E-state index is 12.6. The number of carbonyl (C=O) groups is 3. The first kappa shape index (κ1) is 24.1. The molecule has 1 unspecified atom stereocenters. The minimum absolute atomic E-state index is 0.0120. The van der Waals surface area contributed by atoms with Crippen molar-refractivity contribution < 1.29 is 24.2 Å². The summed E-state index contributed by atoms with van der Waals surface area (Å²) in [7, 11) is 0. The monoisotopic (exact) mass is 482 g/mol. The molecule has 34 heavy (non-hydrogen) atoms. The van der Waals surface area contributed by atoms with Crippen LogP contribution in [-0.2, 0) is 14.3 Å². The lowest BCUT2D eigenvalue weighted by atomic mass is 9.97. The number of carbonyl (C=O) groups excluding carboxylic acids is 2. The maximum Gasteiger partial charge on any atom is 0.407 e. The Bertz CT molecular complexity index is 1040. The van der Waals surface area contributed by atoms with Crippen molar-refractivity contribution in [1.82, 2.24) is 10.2 Å². The van der Waals surface area contributed by atoms with E-state index in [1.165, 1.54) is 22.9 Å². The molecule has 8 heteroatoms. The molecule has 1 heterocycles. The lowest BCUT2D eigenvalue weighted by Crippen LogP contribution is -2.47. The summed E-state index contributed by atoms with van der Waals surface area (Å²) in [5.74, 6) is -0.375. The van der Waals surface area contributed by atoms with Gasteiger partial charge in [0, 0.05) is 36.7 Å². The second kappa shape index (κ2) is 10.1. The molecule has 0 saturated carbocycles. The Balaban J connectivity index is 1.29. The Hall–Kier alpha value is -3.00. The third-order valence-corrected chi connectivity index (χ3v) is 7.61. The van der Waals surface area contributed by atoms with Crippen LogP contribution in [0.15, 0.2) is 48.5 Å². The first-order chi connectivity index (χ1) is 16.2. The van der Waals surface area contributed by atoms with Gasteiger partial charge in [0.15, 0.2) is 0 Å². The number of fused-ring (bicyclic) bond motifs is 3. The molecule has 1 saturated heterocycles. The lowest BCUT2D eigenvalue weighted by Gasteiger charge is -2.32. The highest BCUT2D eigenvalue weighted by Gasteiger charge is 2.32. The summed E-state index contributed by atoms with van der Waals surface area (Å²) in [6.07, 6.45) is 0.144. The van der Waals surface area contributed by atoms with Gasteiger partial charge in [-0.1, -0.05) is 48.5 Å². The Morgan fingerprint density at radius 1 is 1.09 bits per heavy atom. The summed E-state index contributed by atoms with van der Waals surface area (Å²) in [6, 6.07) is 16.4. The number of benzene rings is 2. The number of nitrogens with zero attached hydrogens (tertiary/aromatic N) is 1. The maximum absolute atomic E-state index is 12.6. The fourth-order valence-electron chi connectivity index (χ4n) is 4.58. The number of thioether (sulfide) groups is 1. The zero-order chi connectivity index (χ0) is 24.3. The number of rotatable bonds is 7. The number of carboxylic acid groups (broad SMARTS) is 1. The van der Waals surface area contributed by atoms with Crippen LogP contribution in [0.4, 0.5) is 4.79 Å². The number of hydrogen-bond acceptors (Lipinski definition) is 5. The number of ether oxygens (including phenoxy) is 1. The SMILES string of the molecule is CC(C)(CCC(=O)N1CCSC(C(=O)O)C1)NC(=O)OCC1c2ccccc2-c2ccccc21. The van der Waals surface area contributed by atoms with Gasteiger partial charge in [0.25, 0.3) is 0 Å². The molecule has 2 amide bonds. The van der Waals surface area contributed by atoms with E-state index in [0.717, 1.165) is 11.1 Å². The molecule has 0 spiro atoms. The Morgan fingerprint density at radius 2 is 1.71 bits per heavy atom. The second-order valence-corrected chi connectivity index (χ2v) is 10.7. The average Bonchev–Trinajstić information content (AvgIpc) is 3.15. The number of aliphatic carboxylic acids is 1. The standard InChI is InChI=1S/C26H30N2O5S/c1-26(2,12-11-23(29)28-13-14-34-22(15-28)24(30)31)27-25(32)33-16-21-19-9-5-3-7-17(19)18-8-4-6-10-20(18)21/h3-10,21-22H,11-16H2,1-2H3,(H,27,32)(H,30,31). The summed E-state index contributed by atoms with van der Waals surface area (Å²) in [4.78, 5) is 38.1. The van der Waals surface area contributed by atoms with Crippen molar-refractivity contribution in [3.63, 3.8) is 0 Å². The number of amides is 2. The number of nitrogens with one attached hydrogen (secondary N) is 1. The molecule has 1 atom stereocenters. The zero-order valence-corrected chi connectivity index (χ0v) is 20.3. The molecular weight excluding hydrogens is 452 g/mol. The van der Waals surface area contributed by atoms with E-state index in [2.05, 4.69) is 29.6 Å². The van der Waals surface area contributed by atoms with Crippen LogP contribution in [0.3, 0.4) is 0 Å². The minimum atomic E-state index is -0.889. The topological polar surface area (TPSA) is 95.9 Å². The smallest absolute Gasteiger partial charge is 0.407 e. The molecule has 180 valence electrons. The minimum Gasteiger partial charge on any atom is -0.480 e. The van der Waals surface area contributed by atoms with Gasteiger partial charge in [-0.2, -0.15) is 0 Å². The summed E-state index contributed by atoms with van der Waals surface area (Å²) in [6.45, 7) is 4.71. The van der Waals surface area contributed by atoms with Crippen molar-refractivity contribution in [3.8, 4) is 11.1 Å². The molecule has 2 aromatic carbocycles. The van der Waals surface area contributed by atoms with E-state index >= 15 is 0 Å². The average molecular weight is 483 g/mol. The largest absolute Gasteiger partial charge is 0.480 e. The van der Waals surface area contributed by atoms with Crippen LogP contribution in [0.5, 0.6) is 0 Å². The first-order valence-electron chi connectivity index (χ1n) is 11.5. The van der Waals surface area contributed by atoms with Crippen LogP contribution in [0.25, 0.3) is 11.1 Å². The van der Waals surface area contributed by atoms with Crippen molar-refractivity contribution >= 4 is 29.7 Å². The number of hydrogen-bond donors (Lipinski definition) is 2. The van der Waals surface area contributed by atoms with Gasteiger partial charge in [-0.05, 0) is 42.5 Å². The quantitative estimate of drug-likeness (QED) is 0.617. The highest BCUT2D eigenvalue weighted by Crippen LogP contribution is 2.44. The predicted octanol–water partition coefficient (Wildman–Crippen LogP) is 4.11. The summed E-state index contributed by atoms with van der Waals surface area (Å²) < 4.78 is 5.63. The van der Waals surface area contributed by atoms with Crippen molar-refractivity contribution in [2.45, 2.75) is 43.4 Å². The first-order valence-corrected chi connectivity index (χ1v) is 12.6. The third kappa shape index (κ3) is 5.38. The molecule has 0 radical (unpaired) electrons. The Labute approximate surface area is 203 Å². The molecule has 1 aliphatic heterocycles. The van der Waals surface area contributed by atoms with E-state index in [1.807, 2.05) is 38.1 Å². The third-order valence-electron chi connectivity index (χ3n) is 6.44. The molecule has 2 aromatic rings. The van der Waals surface area contributed by atoms with Crippen LogP contribution < -0.4 is 5.32 Å². The summed E-state index contributed by atoms with van der Waals surface area (Å²) in [5.41, 5.74) is 4.01. The summed E-state index contributed by atoms with van der Waals surface area (Å²) in [5, 5.41) is 11.5. The highest BCUT2D eigenvalue weighted by atomic mass is 32.2. The van der Waals surface area contributed by atoms with E-state index < -0.39 is 22.9 Å². The van der Waals surface area contributed by atoms with E-state index in [4.69, 9.17) is 4.74 Å². The molecule has 4 rings (SSSR count). The fraction of sp³-hybridized carbons (Fsp3) is 0.423. The molecule has 1 fully saturated rings. The van der Waals surface area contributed by atoms with Gasteiger partial charge in [-0.25, -0.2) is 4.79 Å². The van der Waals surface area contributed by atoms with Gasteiger partial charge < -0.3 is 20.1 Å². The van der Waals surface area contributed by atoms with Crippen molar-refractivity contribution in [1.29, 1.82) is 0 Å². The highest BCUT2D eigenvalue weighted by molar-refractivity contribution is 8.00. The van der Waals surface area contributed by atoms with E-state index in [9.17, 15) is 19.5 Å². The van der Waals surface area contributed by atoms with Gasteiger partial charge >= 0.3 is 12.1 Å². The lowest BCUT2D eigenvalue weighted by molar-refractivity contribution is -0.138. The van der Waals surface area contributed by atoms with Gasteiger partial charge in [0.05, 0.1) is 0 Å². The van der Waals surface area contributed by atoms with Crippen molar-refractivity contribution in [2.75, 3.05) is 25.4 Å². The summed E-state index contributed by atoms with van der Waals surface area (Å²) >= 11 is 1.36. The zero-order valence-electron chi connectivity index (χ0n) is 19.5. The fourth-order valence-corrected chi connectivity index (χ4v) is 5.61. The predicted molar refractivity (Wildman–Crippen MR) is 132 cm³/mol. The van der Waals surface area contributed by atoms with Crippen LogP contribution in [-0.4, -0.2) is 64.2 Å². The molecule has 7 nitrogen and oxygen atoms in total.